The first-order valence-corrected chi connectivity index (χ1v) is 14.6. The van der Waals surface area contributed by atoms with Gasteiger partial charge in [-0.15, -0.1) is 0 Å². The van der Waals surface area contributed by atoms with Gasteiger partial charge in [0.05, 0.1) is 0 Å². The molecule has 152 valence electrons. The van der Waals surface area contributed by atoms with Gasteiger partial charge in [0.2, 0.25) is 0 Å². The van der Waals surface area contributed by atoms with E-state index in [4.69, 9.17) is 19.1 Å². The predicted molar refractivity (Wildman–Crippen MR) is 123 cm³/mol. The molecular formula is C24H20Cl3PPd. The topological polar surface area (TPSA) is 0 Å². The van der Waals surface area contributed by atoms with Crippen LogP contribution in [0.3, 0.4) is 0 Å². The summed E-state index contributed by atoms with van der Waals surface area (Å²) in [5.74, 6) is 0. The van der Waals surface area contributed by atoms with Crippen molar-refractivity contribution in [1.82, 2.24) is 0 Å². The maximum atomic E-state index is 4.81. The third kappa shape index (κ3) is 5.51. The summed E-state index contributed by atoms with van der Waals surface area (Å²) in [6, 6.07) is 43.8. The number of hydrogen-bond acceptors (Lipinski definition) is 0. The van der Waals surface area contributed by atoms with Gasteiger partial charge in [-0.25, -0.2) is 0 Å². The van der Waals surface area contributed by atoms with Crippen molar-refractivity contribution in [2.45, 2.75) is 0 Å². The van der Waals surface area contributed by atoms with Crippen molar-refractivity contribution in [3.05, 3.63) is 121 Å². The van der Waals surface area contributed by atoms with E-state index in [0.29, 0.717) is 0 Å². The minimum atomic E-state index is -1.91. The summed E-state index contributed by atoms with van der Waals surface area (Å²) in [4.78, 5) is 0. The molecule has 0 unspecified atom stereocenters. The van der Waals surface area contributed by atoms with Crippen LogP contribution in [-0.4, -0.2) is 0 Å². The summed E-state index contributed by atoms with van der Waals surface area (Å²) in [7, 11) is 7.72. The molecular weight excluding hydrogens is 532 g/mol. The maximum absolute atomic E-state index is 4.81. The van der Waals surface area contributed by atoms with E-state index in [2.05, 4.69) is 121 Å². The zero-order valence-corrected chi connectivity index (χ0v) is 20.2. The third-order valence-corrected chi connectivity index (χ3v) is 8.86. The molecule has 4 aromatic rings. The fraction of sp³-hybridized carbons (Fsp3) is 0. The Morgan fingerprint density at radius 1 is 0.414 bits per heavy atom. The summed E-state index contributed by atoms with van der Waals surface area (Å²) < 4.78 is 0. The molecule has 5 heteroatoms. The molecule has 0 nitrogen and oxygen atoms in total. The molecule has 0 bridgehead atoms. The van der Waals surface area contributed by atoms with Gasteiger partial charge >= 0.3 is 35.0 Å². The standard InChI is InChI=1S/C24H20P.3ClH.Pd/c1-5-13-21(14-6-1)25(22-15-7-2-8-16-22,23-17-9-3-10-18-23)24-19-11-4-12-20-24;;;;/h1-20H;3*1H;/q+1;;;;+2/p-3. The quantitative estimate of drug-likeness (QED) is 0.270. The first-order chi connectivity index (χ1) is 13.8. The van der Waals surface area contributed by atoms with E-state index < -0.39 is 7.26 Å². The number of rotatable bonds is 4. The Balaban J connectivity index is 0.000000708. The molecule has 0 aromatic heterocycles. The average Bonchev–Trinajstić information content (AvgIpc) is 2.78. The van der Waals surface area contributed by atoms with Crippen molar-refractivity contribution in [2.24, 2.45) is 0 Å². The minimum Gasteiger partial charge on any atom is -0.0620 e. The Labute approximate surface area is 196 Å². The molecule has 0 saturated carbocycles. The summed E-state index contributed by atoms with van der Waals surface area (Å²) in [6.45, 7) is 0. The van der Waals surface area contributed by atoms with Gasteiger partial charge in [0, 0.05) is 0 Å². The van der Waals surface area contributed by atoms with E-state index >= 15 is 0 Å². The third-order valence-electron chi connectivity index (χ3n) is 4.57. The van der Waals surface area contributed by atoms with E-state index in [1.54, 1.807) is 0 Å². The molecule has 0 amide bonds. The Morgan fingerprint density at radius 3 is 0.759 bits per heavy atom. The van der Waals surface area contributed by atoms with E-state index in [0.717, 1.165) is 0 Å². The second kappa shape index (κ2) is 12.5. The smallest absolute Gasteiger partial charge is 0.0620 e. The van der Waals surface area contributed by atoms with Crippen LogP contribution in [0.2, 0.25) is 0 Å². The number of benzene rings is 4. The number of halogens is 3. The molecule has 0 heterocycles. The predicted octanol–water partition coefficient (Wildman–Crippen LogP) is 2.69. The maximum Gasteiger partial charge on any atom is 0.144 e. The van der Waals surface area contributed by atoms with Gasteiger partial charge in [0.15, 0.2) is 0 Å². The van der Waals surface area contributed by atoms with Crippen molar-refractivity contribution >= 4 is 47.5 Å². The molecule has 0 aliphatic carbocycles. The first-order valence-electron chi connectivity index (χ1n) is 8.78. The van der Waals surface area contributed by atoms with E-state index in [9.17, 15) is 0 Å². The van der Waals surface area contributed by atoms with Crippen molar-refractivity contribution in [1.29, 1.82) is 0 Å². The Morgan fingerprint density at radius 2 is 0.586 bits per heavy atom. The van der Waals surface area contributed by atoms with Crippen LogP contribution in [0.1, 0.15) is 0 Å². The van der Waals surface area contributed by atoms with Crippen LogP contribution in [0.4, 0.5) is 0 Å². The summed E-state index contributed by atoms with van der Waals surface area (Å²) in [6.07, 6.45) is 0. The summed E-state index contributed by atoms with van der Waals surface area (Å²) >= 11 is -0.106. The molecule has 0 saturated heterocycles. The van der Waals surface area contributed by atoms with Gasteiger partial charge in [-0.3, -0.25) is 0 Å². The van der Waals surface area contributed by atoms with Gasteiger partial charge in [0.25, 0.3) is 0 Å². The van der Waals surface area contributed by atoms with Crippen LogP contribution in [-0.2, 0) is 15.9 Å². The Kier molecular flexibility index (Phi) is 10.4. The van der Waals surface area contributed by atoms with Crippen LogP contribution in [0.5, 0.6) is 0 Å². The normalized spacial score (nSPS) is 10.4. The van der Waals surface area contributed by atoms with E-state index in [1.807, 2.05) is 0 Å². The van der Waals surface area contributed by atoms with Crippen molar-refractivity contribution < 1.29 is 28.3 Å². The van der Waals surface area contributed by atoms with Crippen LogP contribution < -0.4 is 33.6 Å². The molecule has 4 rings (SSSR count). The van der Waals surface area contributed by atoms with Crippen LogP contribution in [0, 0.1) is 0 Å². The zero-order valence-electron chi connectivity index (χ0n) is 15.4. The second-order valence-electron chi connectivity index (χ2n) is 6.06. The van der Waals surface area contributed by atoms with Gasteiger partial charge in [-0.1, -0.05) is 72.8 Å². The van der Waals surface area contributed by atoms with Crippen LogP contribution in [0.15, 0.2) is 121 Å². The van der Waals surface area contributed by atoms with Crippen molar-refractivity contribution in [2.75, 3.05) is 0 Å². The summed E-state index contributed by atoms with van der Waals surface area (Å²) in [5, 5.41) is 5.55. The van der Waals surface area contributed by atoms with Gasteiger partial charge in [0.1, 0.15) is 28.5 Å². The average molecular weight is 552 g/mol. The molecule has 0 aliphatic heterocycles. The first kappa shape index (κ1) is 24.1. The van der Waals surface area contributed by atoms with E-state index in [1.165, 1.54) is 21.2 Å². The Hall–Kier alpha value is -1.16. The van der Waals surface area contributed by atoms with Crippen molar-refractivity contribution in [3.63, 3.8) is 0 Å². The fourth-order valence-corrected chi connectivity index (χ4v) is 7.77. The number of hydrogen-bond donors (Lipinski definition) is 0. The largest absolute Gasteiger partial charge is 0.144 e. The molecule has 0 aliphatic rings. The zero-order chi connectivity index (χ0) is 19.7. The van der Waals surface area contributed by atoms with Gasteiger partial charge in [-0.2, -0.15) is 0 Å². The molecule has 0 atom stereocenters. The second-order valence-corrected chi connectivity index (χ2v) is 11.8. The van der Waals surface area contributed by atoms with Crippen molar-refractivity contribution in [3.8, 4) is 0 Å². The molecule has 4 aromatic carbocycles. The van der Waals surface area contributed by atoms with Crippen LogP contribution in [0.25, 0.3) is 0 Å². The van der Waals surface area contributed by atoms with E-state index in [-0.39, 0.29) is 28.3 Å². The summed E-state index contributed by atoms with van der Waals surface area (Å²) in [5.41, 5.74) is 0. The molecule has 0 fully saturated rings. The molecule has 0 spiro atoms. The monoisotopic (exact) mass is 550 g/mol. The minimum absolute atomic E-state index is 0. The Bertz CT molecular complexity index is 789. The molecule has 29 heavy (non-hydrogen) atoms. The molecule has 0 radical (unpaired) electrons. The van der Waals surface area contributed by atoms with Gasteiger partial charge in [-0.05, 0) is 48.5 Å². The SMILES string of the molecule is [Cl-].[Cl][Pd][Cl].c1ccc([P+](c2ccccc2)(c2ccccc2)c2ccccc2)cc1. The van der Waals surface area contributed by atoms with Gasteiger partial charge < -0.3 is 12.4 Å². The van der Waals surface area contributed by atoms with Crippen LogP contribution >= 0.6 is 26.3 Å². The fourth-order valence-electron chi connectivity index (χ4n) is 3.50. The molecule has 0 N–H and O–H groups in total.